The van der Waals surface area contributed by atoms with Crippen molar-refractivity contribution < 1.29 is 80.2 Å². The fraction of sp³-hybridized carbons (Fsp3) is 0.944. The second-order valence-electron chi connectivity index (χ2n) is 26.9. The highest BCUT2D eigenvalue weighted by molar-refractivity contribution is 7.47. The van der Waals surface area contributed by atoms with Gasteiger partial charge < -0.3 is 33.8 Å². The summed E-state index contributed by atoms with van der Waals surface area (Å²) in [4.78, 5) is 72.6. The molecule has 17 nitrogen and oxygen atoms in total. The van der Waals surface area contributed by atoms with Gasteiger partial charge in [-0.25, -0.2) is 9.13 Å². The Hall–Kier alpha value is -1.94. The van der Waals surface area contributed by atoms with Gasteiger partial charge in [-0.05, 0) is 43.4 Å². The Morgan fingerprint density at radius 3 is 0.835 bits per heavy atom. The van der Waals surface area contributed by atoms with Gasteiger partial charge in [0.25, 0.3) is 0 Å². The minimum absolute atomic E-state index is 0.104. The number of unbranched alkanes of at least 4 members (excludes halogenated alkanes) is 36. The Balaban J connectivity index is 5.26. The molecule has 0 heterocycles. The second-order valence-corrected chi connectivity index (χ2v) is 29.8. The van der Waals surface area contributed by atoms with E-state index in [0.29, 0.717) is 25.7 Å². The molecule has 0 saturated heterocycles. The molecule has 91 heavy (non-hydrogen) atoms. The van der Waals surface area contributed by atoms with E-state index in [1.165, 1.54) is 167 Å². The van der Waals surface area contributed by atoms with Crippen molar-refractivity contribution in [3.63, 3.8) is 0 Å². The molecule has 4 unspecified atom stereocenters. The van der Waals surface area contributed by atoms with Gasteiger partial charge in [-0.15, -0.1) is 0 Å². The molecule has 19 heteroatoms. The van der Waals surface area contributed by atoms with Crippen molar-refractivity contribution in [1.29, 1.82) is 0 Å². The van der Waals surface area contributed by atoms with E-state index in [1.54, 1.807) is 0 Å². The lowest BCUT2D eigenvalue weighted by Crippen LogP contribution is -2.30. The van der Waals surface area contributed by atoms with Crippen molar-refractivity contribution in [3.05, 3.63) is 0 Å². The summed E-state index contributed by atoms with van der Waals surface area (Å²) in [5.41, 5.74) is 0. The zero-order chi connectivity index (χ0) is 67.3. The third kappa shape index (κ3) is 63.9. The van der Waals surface area contributed by atoms with E-state index < -0.39 is 97.5 Å². The molecule has 0 aliphatic carbocycles. The molecule has 0 fully saturated rings. The van der Waals surface area contributed by atoms with Gasteiger partial charge in [0.15, 0.2) is 12.2 Å². The monoisotopic (exact) mass is 1340 g/mol. The van der Waals surface area contributed by atoms with Gasteiger partial charge in [0.05, 0.1) is 26.4 Å². The van der Waals surface area contributed by atoms with Crippen LogP contribution in [0.3, 0.4) is 0 Å². The number of esters is 4. The van der Waals surface area contributed by atoms with E-state index in [-0.39, 0.29) is 25.7 Å². The molecule has 0 aliphatic rings. The molecule has 7 atom stereocenters. The number of hydrogen-bond donors (Lipinski definition) is 3. The van der Waals surface area contributed by atoms with Crippen molar-refractivity contribution >= 4 is 39.5 Å². The van der Waals surface area contributed by atoms with Crippen LogP contribution in [-0.2, 0) is 65.4 Å². The zero-order valence-corrected chi connectivity index (χ0v) is 61.1. The molecule has 3 N–H and O–H groups in total. The van der Waals surface area contributed by atoms with E-state index in [1.807, 2.05) is 0 Å². The maximum absolute atomic E-state index is 13.0. The van der Waals surface area contributed by atoms with E-state index in [9.17, 15) is 43.2 Å². The average Bonchev–Trinajstić information content (AvgIpc) is 2.94. The molecular weight excluding hydrogens is 1200 g/mol. The first-order valence-corrected chi connectivity index (χ1v) is 40.4. The first-order valence-electron chi connectivity index (χ1n) is 37.4. The number of ether oxygens (including phenoxy) is 4. The minimum Gasteiger partial charge on any atom is -0.462 e. The fourth-order valence-electron chi connectivity index (χ4n) is 10.8. The summed E-state index contributed by atoms with van der Waals surface area (Å²) in [5, 5.41) is 10.6. The Morgan fingerprint density at radius 1 is 0.319 bits per heavy atom. The van der Waals surface area contributed by atoms with Gasteiger partial charge in [-0.1, -0.05) is 312 Å². The first-order chi connectivity index (χ1) is 43.8. The molecule has 0 aromatic rings. The van der Waals surface area contributed by atoms with Gasteiger partial charge in [0.2, 0.25) is 0 Å². The highest BCUT2D eigenvalue weighted by Gasteiger charge is 2.30. The molecule has 0 spiro atoms. The van der Waals surface area contributed by atoms with Crippen LogP contribution in [0.5, 0.6) is 0 Å². The van der Waals surface area contributed by atoms with E-state index in [2.05, 4.69) is 48.5 Å². The topological polar surface area (TPSA) is 237 Å². The van der Waals surface area contributed by atoms with Gasteiger partial charge in [0.1, 0.15) is 19.3 Å². The predicted molar refractivity (Wildman–Crippen MR) is 368 cm³/mol. The summed E-state index contributed by atoms with van der Waals surface area (Å²) in [6, 6.07) is 0. The summed E-state index contributed by atoms with van der Waals surface area (Å²) in [7, 11) is -9.91. The molecule has 0 radical (unpaired) electrons. The largest absolute Gasteiger partial charge is 0.472 e. The van der Waals surface area contributed by atoms with Crippen LogP contribution in [0.4, 0.5) is 0 Å². The summed E-state index contributed by atoms with van der Waals surface area (Å²) >= 11 is 0. The standard InChI is InChI=1S/C72H140O17P2/c1-8-11-12-13-14-15-16-17-18-19-20-21-26-32-41-48-55-71(76)88-67(59-82-69(74)53-46-39-31-25-23-22-24-29-36-43-50-63(4)5)61-86-90(78,79)84-57-66(73)58-85-91(80,81)87-62-68(60-83-70(75)54-47-40-35-34-38-45-52-65(7)10-3)89-72(77)56-49-42-33-28-27-30-37-44-51-64(6)9-2/h63-68,73H,8-62H2,1-7H3,(H,78,79)(H,80,81)/t64?,65?,66-,67-,68-/m1/s1. The Bertz CT molecular complexity index is 1790. The zero-order valence-electron chi connectivity index (χ0n) is 59.3. The highest BCUT2D eigenvalue weighted by Crippen LogP contribution is 2.45. The lowest BCUT2D eigenvalue weighted by molar-refractivity contribution is -0.161. The van der Waals surface area contributed by atoms with E-state index in [4.69, 9.17) is 37.0 Å². The first kappa shape index (κ1) is 89.1. The van der Waals surface area contributed by atoms with E-state index >= 15 is 0 Å². The Labute approximate surface area is 556 Å². The van der Waals surface area contributed by atoms with Crippen LogP contribution < -0.4 is 0 Å². The molecule has 0 bridgehead atoms. The molecule has 0 amide bonds. The maximum Gasteiger partial charge on any atom is 0.472 e. The van der Waals surface area contributed by atoms with Gasteiger partial charge in [-0.3, -0.25) is 37.3 Å². The summed E-state index contributed by atoms with van der Waals surface area (Å²) in [6.07, 6.45) is 47.1. The SMILES string of the molecule is CCCCCCCCCCCCCCCCCCC(=O)O[C@H](COC(=O)CCCCCCCCCCCCC(C)C)COP(=O)(O)OC[C@@H](O)COP(=O)(O)OC[C@@H](COC(=O)CCCCCCCCC(C)CC)OC(=O)CCCCCCCCCCC(C)CC. The highest BCUT2D eigenvalue weighted by atomic mass is 31.2. The number of carbonyl (C=O) groups is 4. The van der Waals surface area contributed by atoms with Gasteiger partial charge in [0, 0.05) is 25.7 Å². The molecule has 0 aromatic carbocycles. The lowest BCUT2D eigenvalue weighted by atomic mass is 9.99. The minimum atomic E-state index is -4.95. The fourth-order valence-corrected chi connectivity index (χ4v) is 12.4. The van der Waals surface area contributed by atoms with Crippen LogP contribution in [0.25, 0.3) is 0 Å². The van der Waals surface area contributed by atoms with Crippen molar-refractivity contribution in [2.75, 3.05) is 39.6 Å². The van der Waals surface area contributed by atoms with Crippen LogP contribution in [0, 0.1) is 17.8 Å². The number of phosphoric ester groups is 2. The number of rotatable bonds is 70. The molecular formula is C72H140O17P2. The molecule has 0 aromatic heterocycles. The normalized spacial score (nSPS) is 14.8. The number of hydrogen-bond acceptors (Lipinski definition) is 15. The quantitative estimate of drug-likeness (QED) is 0.0222. The third-order valence-electron chi connectivity index (χ3n) is 17.4. The molecule has 0 rings (SSSR count). The van der Waals surface area contributed by atoms with Crippen LogP contribution >= 0.6 is 15.6 Å². The predicted octanol–water partition coefficient (Wildman–Crippen LogP) is 20.6. The number of aliphatic hydroxyl groups is 1. The lowest BCUT2D eigenvalue weighted by Gasteiger charge is -2.21. The molecule has 0 saturated carbocycles. The van der Waals surface area contributed by atoms with Crippen LogP contribution in [0.2, 0.25) is 0 Å². The molecule has 0 aliphatic heterocycles. The van der Waals surface area contributed by atoms with Gasteiger partial charge in [-0.2, -0.15) is 0 Å². The van der Waals surface area contributed by atoms with E-state index in [0.717, 1.165) is 114 Å². The van der Waals surface area contributed by atoms with Crippen molar-refractivity contribution in [2.45, 2.75) is 381 Å². The van der Waals surface area contributed by atoms with Crippen molar-refractivity contribution in [2.24, 2.45) is 17.8 Å². The molecule has 540 valence electrons. The Kier molecular flexibility index (Phi) is 61.5. The van der Waals surface area contributed by atoms with Gasteiger partial charge >= 0.3 is 39.5 Å². The van der Waals surface area contributed by atoms with Crippen LogP contribution in [-0.4, -0.2) is 96.7 Å². The van der Waals surface area contributed by atoms with Crippen LogP contribution in [0.1, 0.15) is 363 Å². The summed E-state index contributed by atoms with van der Waals surface area (Å²) < 4.78 is 68.4. The Morgan fingerprint density at radius 2 is 0.560 bits per heavy atom. The van der Waals surface area contributed by atoms with Crippen LogP contribution in [0.15, 0.2) is 0 Å². The maximum atomic E-state index is 13.0. The summed E-state index contributed by atoms with van der Waals surface area (Å²) in [6.45, 7) is 11.8. The average molecular weight is 1340 g/mol. The third-order valence-corrected chi connectivity index (χ3v) is 19.3. The number of phosphoric acid groups is 2. The smallest absolute Gasteiger partial charge is 0.462 e. The second kappa shape index (κ2) is 62.8. The number of aliphatic hydroxyl groups excluding tert-OH is 1. The summed E-state index contributed by atoms with van der Waals surface area (Å²) in [5.74, 6) is 0.134. The van der Waals surface area contributed by atoms with Crippen molar-refractivity contribution in [1.82, 2.24) is 0 Å². The van der Waals surface area contributed by atoms with Crippen molar-refractivity contribution in [3.8, 4) is 0 Å². The number of carbonyl (C=O) groups excluding carboxylic acids is 4.